The molecule has 0 radical (unpaired) electrons. The fourth-order valence-electron chi connectivity index (χ4n) is 1.21. The lowest BCUT2D eigenvalue weighted by atomic mass is 10.2. The molecule has 0 aliphatic heterocycles. The van der Waals surface area contributed by atoms with Crippen molar-refractivity contribution >= 4 is 27.7 Å². The van der Waals surface area contributed by atoms with Gasteiger partial charge in [0, 0.05) is 27.5 Å². The zero-order valence-electron chi connectivity index (χ0n) is 8.06. The number of pyridine rings is 1. The van der Waals surface area contributed by atoms with Crippen LogP contribution in [0.15, 0.2) is 58.2 Å². The first-order valence-corrected chi connectivity index (χ1v) is 6.40. The highest BCUT2D eigenvalue weighted by atomic mass is 79.9. The van der Waals surface area contributed by atoms with Crippen molar-refractivity contribution < 1.29 is 0 Å². The highest BCUT2D eigenvalue weighted by Crippen LogP contribution is 2.26. The molecule has 2 rings (SSSR count). The summed E-state index contributed by atoms with van der Waals surface area (Å²) in [4.78, 5) is 5.25. The van der Waals surface area contributed by atoms with Gasteiger partial charge in [-0.25, -0.2) is 0 Å². The predicted molar refractivity (Wildman–Crippen MR) is 67.9 cm³/mol. The zero-order chi connectivity index (χ0) is 10.5. The standard InChI is InChI=1S/C12H10BrNS/c13-12-4-2-1-3-10(12)9-15-11-5-7-14-8-6-11/h1-8H,9H2. The lowest BCUT2D eigenvalue weighted by Gasteiger charge is -2.03. The van der Waals surface area contributed by atoms with Crippen molar-refractivity contribution in [1.82, 2.24) is 4.98 Å². The van der Waals surface area contributed by atoms with Crippen molar-refractivity contribution in [3.63, 3.8) is 0 Å². The van der Waals surface area contributed by atoms with Crippen molar-refractivity contribution in [2.24, 2.45) is 0 Å². The molecule has 0 N–H and O–H groups in total. The molecular weight excluding hydrogens is 270 g/mol. The van der Waals surface area contributed by atoms with Crippen LogP contribution in [0.2, 0.25) is 0 Å². The number of hydrogen-bond donors (Lipinski definition) is 0. The fraction of sp³-hybridized carbons (Fsp3) is 0.0833. The van der Waals surface area contributed by atoms with Gasteiger partial charge in [-0.2, -0.15) is 0 Å². The summed E-state index contributed by atoms with van der Waals surface area (Å²) < 4.78 is 1.17. The fourth-order valence-corrected chi connectivity index (χ4v) is 2.71. The Balaban J connectivity index is 2.03. The molecule has 1 aromatic heterocycles. The minimum atomic E-state index is 0.978. The Morgan fingerprint density at radius 2 is 1.80 bits per heavy atom. The van der Waals surface area contributed by atoms with E-state index in [1.54, 1.807) is 0 Å². The number of rotatable bonds is 3. The van der Waals surface area contributed by atoms with E-state index in [1.165, 1.54) is 14.9 Å². The molecule has 2 aromatic rings. The van der Waals surface area contributed by atoms with Crippen molar-refractivity contribution in [1.29, 1.82) is 0 Å². The second kappa shape index (κ2) is 5.33. The smallest absolute Gasteiger partial charge is 0.0278 e. The van der Waals surface area contributed by atoms with Gasteiger partial charge < -0.3 is 0 Å². The largest absolute Gasteiger partial charge is 0.265 e. The number of thioether (sulfide) groups is 1. The molecule has 0 aliphatic rings. The minimum Gasteiger partial charge on any atom is -0.265 e. The Hall–Kier alpha value is -0.800. The average molecular weight is 280 g/mol. The summed E-state index contributed by atoms with van der Waals surface area (Å²) in [6, 6.07) is 12.4. The molecule has 0 saturated heterocycles. The maximum Gasteiger partial charge on any atom is 0.0278 e. The Labute approximate surface area is 102 Å². The van der Waals surface area contributed by atoms with Crippen LogP contribution in [0, 0.1) is 0 Å². The molecule has 0 saturated carbocycles. The Kier molecular flexibility index (Phi) is 3.80. The number of halogens is 1. The summed E-state index contributed by atoms with van der Waals surface area (Å²) in [5.74, 6) is 0.978. The van der Waals surface area contributed by atoms with Crippen molar-refractivity contribution in [3.8, 4) is 0 Å². The lowest BCUT2D eigenvalue weighted by molar-refractivity contribution is 1.26. The number of nitrogens with zero attached hydrogens (tertiary/aromatic N) is 1. The van der Waals surface area contributed by atoms with E-state index in [9.17, 15) is 0 Å². The summed E-state index contributed by atoms with van der Waals surface area (Å²) in [5.41, 5.74) is 1.32. The Morgan fingerprint density at radius 1 is 1.07 bits per heavy atom. The molecule has 0 amide bonds. The van der Waals surface area contributed by atoms with Crippen molar-refractivity contribution in [2.75, 3.05) is 0 Å². The van der Waals surface area contributed by atoms with E-state index >= 15 is 0 Å². The highest BCUT2D eigenvalue weighted by Gasteiger charge is 1.99. The molecule has 0 aliphatic carbocycles. The van der Waals surface area contributed by atoms with Gasteiger partial charge in [-0.05, 0) is 23.8 Å². The second-order valence-corrected chi connectivity index (χ2v) is 4.97. The first kappa shape index (κ1) is 10.7. The van der Waals surface area contributed by atoms with E-state index in [2.05, 4.69) is 39.1 Å². The maximum atomic E-state index is 4.00. The third-order valence-corrected chi connectivity index (χ3v) is 3.84. The molecule has 0 atom stereocenters. The van der Waals surface area contributed by atoms with Gasteiger partial charge in [0.05, 0.1) is 0 Å². The molecule has 0 spiro atoms. The number of aromatic nitrogens is 1. The summed E-state index contributed by atoms with van der Waals surface area (Å²) in [6.07, 6.45) is 3.64. The highest BCUT2D eigenvalue weighted by molar-refractivity contribution is 9.10. The normalized spacial score (nSPS) is 10.2. The molecule has 1 heterocycles. The SMILES string of the molecule is Brc1ccccc1CSc1ccncc1. The number of hydrogen-bond acceptors (Lipinski definition) is 2. The molecule has 0 fully saturated rings. The van der Waals surface area contributed by atoms with Crippen molar-refractivity contribution in [2.45, 2.75) is 10.6 Å². The van der Waals surface area contributed by atoms with E-state index in [0.29, 0.717) is 0 Å². The van der Waals surface area contributed by atoms with Crippen LogP contribution in [-0.2, 0) is 5.75 Å². The van der Waals surface area contributed by atoms with Crippen LogP contribution in [0.4, 0.5) is 0 Å². The second-order valence-electron chi connectivity index (χ2n) is 3.06. The predicted octanol–water partition coefficient (Wildman–Crippen LogP) is 4.14. The van der Waals surface area contributed by atoms with E-state index in [-0.39, 0.29) is 0 Å². The molecule has 0 bridgehead atoms. The van der Waals surface area contributed by atoms with Gasteiger partial charge in [0.2, 0.25) is 0 Å². The van der Waals surface area contributed by atoms with Gasteiger partial charge in [-0.1, -0.05) is 34.1 Å². The average Bonchev–Trinajstić information content (AvgIpc) is 2.29. The molecule has 1 nitrogen and oxygen atoms in total. The summed E-state index contributed by atoms with van der Waals surface area (Å²) in [5, 5.41) is 0. The summed E-state index contributed by atoms with van der Waals surface area (Å²) in [7, 11) is 0. The van der Waals surface area contributed by atoms with Crippen LogP contribution in [0.3, 0.4) is 0 Å². The topological polar surface area (TPSA) is 12.9 Å². The molecule has 0 unspecified atom stereocenters. The van der Waals surface area contributed by atoms with Gasteiger partial charge in [-0.3, -0.25) is 4.98 Å². The molecule has 3 heteroatoms. The van der Waals surface area contributed by atoms with Gasteiger partial charge in [0.15, 0.2) is 0 Å². The minimum absolute atomic E-state index is 0.978. The summed E-state index contributed by atoms with van der Waals surface area (Å²) in [6.45, 7) is 0. The van der Waals surface area contributed by atoms with E-state index in [4.69, 9.17) is 0 Å². The van der Waals surface area contributed by atoms with Crippen LogP contribution in [0.25, 0.3) is 0 Å². The van der Waals surface area contributed by atoms with Crippen molar-refractivity contribution in [3.05, 3.63) is 58.8 Å². The first-order valence-electron chi connectivity index (χ1n) is 4.62. The Bertz CT molecular complexity index is 431. The van der Waals surface area contributed by atoms with Gasteiger partial charge in [0.25, 0.3) is 0 Å². The van der Waals surface area contributed by atoms with Crippen LogP contribution >= 0.6 is 27.7 Å². The number of benzene rings is 1. The van der Waals surface area contributed by atoms with E-state index < -0.39 is 0 Å². The van der Waals surface area contributed by atoms with Crippen LogP contribution in [0.5, 0.6) is 0 Å². The van der Waals surface area contributed by atoms with Gasteiger partial charge >= 0.3 is 0 Å². The molecule has 1 aromatic carbocycles. The quantitative estimate of drug-likeness (QED) is 0.784. The lowest BCUT2D eigenvalue weighted by Crippen LogP contribution is -1.82. The molecule has 15 heavy (non-hydrogen) atoms. The zero-order valence-corrected chi connectivity index (χ0v) is 10.5. The van der Waals surface area contributed by atoms with Crippen LogP contribution in [0.1, 0.15) is 5.56 Å². The van der Waals surface area contributed by atoms with Gasteiger partial charge in [0.1, 0.15) is 0 Å². The third kappa shape index (κ3) is 3.08. The third-order valence-electron chi connectivity index (χ3n) is 2.00. The maximum absolute atomic E-state index is 4.00. The monoisotopic (exact) mass is 279 g/mol. The molecule has 76 valence electrons. The first-order chi connectivity index (χ1) is 7.36. The summed E-state index contributed by atoms with van der Waals surface area (Å²) >= 11 is 5.36. The Morgan fingerprint density at radius 3 is 2.53 bits per heavy atom. The van der Waals surface area contributed by atoms with Crippen LogP contribution < -0.4 is 0 Å². The van der Waals surface area contributed by atoms with Gasteiger partial charge in [-0.15, -0.1) is 11.8 Å². The van der Waals surface area contributed by atoms with E-state index in [1.807, 2.05) is 42.4 Å². The molecular formula is C12H10BrNS. The van der Waals surface area contributed by atoms with Crippen LogP contribution in [-0.4, -0.2) is 4.98 Å². The van der Waals surface area contributed by atoms with E-state index in [0.717, 1.165) is 5.75 Å².